The van der Waals surface area contributed by atoms with Gasteiger partial charge in [0.05, 0.1) is 12.4 Å². The average Bonchev–Trinajstić information content (AvgIpc) is 2.19. The quantitative estimate of drug-likeness (QED) is 0.579. The maximum atomic E-state index is 11.0. The summed E-state index contributed by atoms with van der Waals surface area (Å²) in [4.78, 5) is 2.20. The van der Waals surface area contributed by atoms with Crippen LogP contribution in [0.2, 0.25) is 0 Å². The van der Waals surface area contributed by atoms with Gasteiger partial charge in [0.2, 0.25) is 0 Å². The molecular formula is C10H24N2O3S. The Kier molecular flexibility index (Phi) is 8.83. The van der Waals surface area contributed by atoms with Gasteiger partial charge in [-0.05, 0) is 32.5 Å². The van der Waals surface area contributed by atoms with E-state index in [0.29, 0.717) is 19.6 Å². The molecule has 0 unspecified atom stereocenters. The second kappa shape index (κ2) is 8.92. The highest BCUT2D eigenvalue weighted by molar-refractivity contribution is 7.90. The van der Waals surface area contributed by atoms with Gasteiger partial charge in [0.1, 0.15) is 9.84 Å². The van der Waals surface area contributed by atoms with Crippen LogP contribution in [0.4, 0.5) is 0 Å². The Morgan fingerprint density at radius 3 is 2.31 bits per heavy atom. The second-order valence-electron chi connectivity index (χ2n) is 3.96. The number of rotatable bonds is 10. The Balaban J connectivity index is 3.81. The van der Waals surface area contributed by atoms with E-state index < -0.39 is 9.84 Å². The highest BCUT2D eigenvalue weighted by Crippen LogP contribution is 1.96. The summed E-state index contributed by atoms with van der Waals surface area (Å²) in [6, 6.07) is 0. The first kappa shape index (κ1) is 15.8. The SMILES string of the molecule is COCCN(CCCN)CCCS(C)(=O)=O. The lowest BCUT2D eigenvalue weighted by Gasteiger charge is -2.21. The van der Waals surface area contributed by atoms with Crippen LogP contribution in [0, 0.1) is 0 Å². The van der Waals surface area contributed by atoms with Gasteiger partial charge in [-0.1, -0.05) is 0 Å². The monoisotopic (exact) mass is 252 g/mol. The van der Waals surface area contributed by atoms with Crippen LogP contribution in [0.3, 0.4) is 0 Å². The number of methoxy groups -OCH3 is 1. The van der Waals surface area contributed by atoms with E-state index in [1.165, 1.54) is 6.26 Å². The summed E-state index contributed by atoms with van der Waals surface area (Å²) in [6.07, 6.45) is 2.88. The third kappa shape index (κ3) is 10.4. The molecule has 0 atom stereocenters. The first-order valence-corrected chi connectivity index (χ1v) is 7.64. The summed E-state index contributed by atoms with van der Waals surface area (Å²) in [5.41, 5.74) is 5.45. The molecule has 5 nitrogen and oxygen atoms in total. The molecule has 6 heteroatoms. The van der Waals surface area contributed by atoms with Crippen molar-refractivity contribution in [2.24, 2.45) is 5.73 Å². The lowest BCUT2D eigenvalue weighted by Crippen LogP contribution is -2.31. The molecule has 0 rings (SSSR count). The number of hydrogen-bond acceptors (Lipinski definition) is 5. The van der Waals surface area contributed by atoms with Crippen LogP contribution in [0.25, 0.3) is 0 Å². The largest absolute Gasteiger partial charge is 0.383 e. The lowest BCUT2D eigenvalue weighted by atomic mass is 10.3. The highest BCUT2D eigenvalue weighted by Gasteiger charge is 2.07. The maximum Gasteiger partial charge on any atom is 0.147 e. The zero-order chi connectivity index (χ0) is 12.4. The van der Waals surface area contributed by atoms with Gasteiger partial charge >= 0.3 is 0 Å². The van der Waals surface area contributed by atoms with Gasteiger partial charge in [0, 0.05) is 19.9 Å². The number of hydrogen-bond donors (Lipinski definition) is 1. The van der Waals surface area contributed by atoms with Crippen molar-refractivity contribution in [3.05, 3.63) is 0 Å². The second-order valence-corrected chi connectivity index (χ2v) is 6.22. The van der Waals surface area contributed by atoms with Crippen LogP contribution in [0.15, 0.2) is 0 Å². The van der Waals surface area contributed by atoms with Crippen molar-refractivity contribution in [1.82, 2.24) is 4.90 Å². The fourth-order valence-corrected chi connectivity index (χ4v) is 2.07. The lowest BCUT2D eigenvalue weighted by molar-refractivity contribution is 0.147. The molecule has 0 bridgehead atoms. The summed E-state index contributed by atoms with van der Waals surface area (Å²) in [5, 5.41) is 0. The van der Waals surface area contributed by atoms with Crippen molar-refractivity contribution in [1.29, 1.82) is 0 Å². The fraction of sp³-hybridized carbons (Fsp3) is 1.00. The van der Waals surface area contributed by atoms with E-state index in [4.69, 9.17) is 10.5 Å². The summed E-state index contributed by atoms with van der Waals surface area (Å²) >= 11 is 0. The minimum absolute atomic E-state index is 0.249. The van der Waals surface area contributed by atoms with Crippen LogP contribution in [0.1, 0.15) is 12.8 Å². The minimum Gasteiger partial charge on any atom is -0.383 e. The first-order valence-electron chi connectivity index (χ1n) is 5.58. The van der Waals surface area contributed by atoms with E-state index in [1.54, 1.807) is 7.11 Å². The van der Waals surface area contributed by atoms with Crippen molar-refractivity contribution in [2.75, 3.05) is 51.9 Å². The van der Waals surface area contributed by atoms with E-state index in [9.17, 15) is 8.42 Å². The molecule has 16 heavy (non-hydrogen) atoms. The van der Waals surface area contributed by atoms with Crippen molar-refractivity contribution in [3.63, 3.8) is 0 Å². The molecule has 0 amide bonds. The molecular weight excluding hydrogens is 228 g/mol. The molecule has 0 spiro atoms. The molecule has 0 radical (unpaired) electrons. The minimum atomic E-state index is -2.84. The van der Waals surface area contributed by atoms with Gasteiger partial charge in [-0.15, -0.1) is 0 Å². The highest BCUT2D eigenvalue weighted by atomic mass is 32.2. The molecule has 0 saturated heterocycles. The molecule has 0 aliphatic rings. The standard InChI is InChI=1S/C10H24N2O3S/c1-15-9-8-12(6-3-5-11)7-4-10-16(2,13)14/h3-11H2,1-2H3. The number of ether oxygens (including phenoxy) is 1. The summed E-state index contributed by atoms with van der Waals surface area (Å²) in [5.74, 6) is 0.249. The van der Waals surface area contributed by atoms with E-state index in [0.717, 1.165) is 26.1 Å². The normalized spacial score (nSPS) is 12.2. The smallest absolute Gasteiger partial charge is 0.147 e. The first-order chi connectivity index (χ1) is 7.49. The van der Waals surface area contributed by atoms with E-state index >= 15 is 0 Å². The maximum absolute atomic E-state index is 11.0. The Morgan fingerprint density at radius 2 is 1.81 bits per heavy atom. The van der Waals surface area contributed by atoms with Gasteiger partial charge in [0.25, 0.3) is 0 Å². The third-order valence-electron chi connectivity index (χ3n) is 2.28. The van der Waals surface area contributed by atoms with Gasteiger partial charge in [-0.25, -0.2) is 8.42 Å². The molecule has 0 aromatic rings. The molecule has 2 N–H and O–H groups in total. The molecule has 0 aromatic carbocycles. The Morgan fingerprint density at radius 1 is 1.19 bits per heavy atom. The number of sulfone groups is 1. The number of nitrogens with two attached hydrogens (primary N) is 1. The average molecular weight is 252 g/mol. The van der Waals surface area contributed by atoms with Crippen molar-refractivity contribution < 1.29 is 13.2 Å². The van der Waals surface area contributed by atoms with E-state index in [-0.39, 0.29) is 5.75 Å². The number of nitrogens with zero attached hydrogens (tertiary/aromatic N) is 1. The Bertz CT molecular complexity index is 247. The fourth-order valence-electron chi connectivity index (χ4n) is 1.42. The van der Waals surface area contributed by atoms with Crippen LogP contribution >= 0.6 is 0 Å². The summed E-state index contributed by atoms with van der Waals surface area (Å²) < 4.78 is 27.0. The van der Waals surface area contributed by atoms with Crippen molar-refractivity contribution in [2.45, 2.75) is 12.8 Å². The molecule has 0 heterocycles. The van der Waals surface area contributed by atoms with Crippen molar-refractivity contribution in [3.8, 4) is 0 Å². The van der Waals surface area contributed by atoms with Crippen LogP contribution in [-0.4, -0.2) is 65.2 Å². The van der Waals surface area contributed by atoms with Gasteiger partial charge < -0.3 is 15.4 Å². The van der Waals surface area contributed by atoms with Crippen LogP contribution < -0.4 is 5.73 Å². The topological polar surface area (TPSA) is 72.6 Å². The molecule has 0 aliphatic heterocycles. The molecule has 0 aliphatic carbocycles. The zero-order valence-electron chi connectivity index (χ0n) is 10.3. The molecule has 98 valence electrons. The van der Waals surface area contributed by atoms with Crippen LogP contribution in [-0.2, 0) is 14.6 Å². The summed E-state index contributed by atoms with van der Waals surface area (Å²) in [6.45, 7) is 3.86. The van der Waals surface area contributed by atoms with Crippen LogP contribution in [0.5, 0.6) is 0 Å². The molecule has 0 aromatic heterocycles. The molecule has 0 saturated carbocycles. The Labute approximate surface area is 98.9 Å². The van der Waals surface area contributed by atoms with E-state index in [1.807, 2.05) is 0 Å². The predicted octanol–water partition coefficient (Wildman–Crippen LogP) is -0.282. The summed E-state index contributed by atoms with van der Waals surface area (Å²) in [7, 11) is -1.18. The van der Waals surface area contributed by atoms with Gasteiger partial charge in [0.15, 0.2) is 0 Å². The molecule has 0 fully saturated rings. The van der Waals surface area contributed by atoms with E-state index in [2.05, 4.69) is 4.90 Å². The third-order valence-corrected chi connectivity index (χ3v) is 3.31. The zero-order valence-corrected chi connectivity index (χ0v) is 11.1. The Hall–Kier alpha value is -0.170. The van der Waals surface area contributed by atoms with Crippen molar-refractivity contribution >= 4 is 9.84 Å². The van der Waals surface area contributed by atoms with Gasteiger partial charge in [-0.3, -0.25) is 0 Å². The predicted molar refractivity (Wildman–Crippen MR) is 66.3 cm³/mol. The van der Waals surface area contributed by atoms with Gasteiger partial charge in [-0.2, -0.15) is 0 Å².